The highest BCUT2D eigenvalue weighted by molar-refractivity contribution is 7.18. The molecule has 1 unspecified atom stereocenters. The molecule has 2 aromatic carbocycles. The summed E-state index contributed by atoms with van der Waals surface area (Å²) in [5, 5.41) is 5.98. The Hall–Kier alpha value is -3.39. The first-order chi connectivity index (χ1) is 15.4. The van der Waals surface area contributed by atoms with Crippen LogP contribution in [0.3, 0.4) is 0 Å². The molecule has 2 amide bonds. The lowest BCUT2D eigenvalue weighted by atomic mass is 10.0. The molecule has 0 fully saturated rings. The Labute approximate surface area is 193 Å². The van der Waals surface area contributed by atoms with E-state index >= 15 is 0 Å². The predicted octanol–water partition coefficient (Wildman–Crippen LogP) is 4.61. The van der Waals surface area contributed by atoms with Crippen LogP contribution in [0, 0.1) is 12.8 Å². The van der Waals surface area contributed by atoms with Gasteiger partial charge in [0.2, 0.25) is 5.96 Å². The first-order valence-corrected chi connectivity index (χ1v) is 11.5. The Kier molecular flexibility index (Phi) is 8.21. The number of aromatic nitrogens is 1. The molecule has 0 bridgehead atoms. The number of amides is 2. The Bertz CT molecular complexity index is 1060. The summed E-state index contributed by atoms with van der Waals surface area (Å²) in [7, 11) is 0. The van der Waals surface area contributed by atoms with Gasteiger partial charge in [0.15, 0.2) is 5.13 Å². The molecular weight excluding hydrogens is 420 g/mol. The van der Waals surface area contributed by atoms with Crippen molar-refractivity contribution in [1.82, 2.24) is 15.6 Å². The van der Waals surface area contributed by atoms with Crippen LogP contribution in [0.4, 0.5) is 15.6 Å². The molecule has 8 heteroatoms. The van der Waals surface area contributed by atoms with Crippen molar-refractivity contribution >= 4 is 34.1 Å². The Morgan fingerprint density at radius 1 is 1.19 bits per heavy atom. The minimum absolute atomic E-state index is 0.0388. The molecule has 0 saturated heterocycles. The van der Waals surface area contributed by atoms with Crippen LogP contribution < -0.4 is 22.1 Å². The summed E-state index contributed by atoms with van der Waals surface area (Å²) < 4.78 is 0. The van der Waals surface area contributed by atoms with Gasteiger partial charge in [-0.1, -0.05) is 60.7 Å². The molecule has 1 aromatic heterocycles. The molecule has 168 valence electrons. The predicted molar refractivity (Wildman–Crippen MR) is 133 cm³/mol. The molecule has 0 aliphatic heterocycles. The molecule has 1 atom stereocenters. The van der Waals surface area contributed by atoms with Crippen LogP contribution in [0.1, 0.15) is 31.0 Å². The monoisotopic (exact) mass is 450 g/mol. The third kappa shape index (κ3) is 7.09. The molecule has 7 nitrogen and oxygen atoms in total. The molecule has 3 rings (SSSR count). The molecule has 0 radical (unpaired) electrons. The highest BCUT2D eigenvalue weighted by Gasteiger charge is 2.10. The van der Waals surface area contributed by atoms with Crippen LogP contribution in [-0.2, 0) is 6.42 Å². The highest BCUT2D eigenvalue weighted by atomic mass is 32.1. The minimum atomic E-state index is -0.358. The van der Waals surface area contributed by atoms with E-state index in [1.165, 1.54) is 16.9 Å². The van der Waals surface area contributed by atoms with Gasteiger partial charge < -0.3 is 16.8 Å². The minimum Gasteiger partial charge on any atom is -0.375 e. The lowest BCUT2D eigenvalue weighted by molar-refractivity contribution is 0.243. The number of hydrogen-bond donors (Lipinski definition) is 4. The molecule has 3 aromatic rings. The molecule has 32 heavy (non-hydrogen) atoms. The fourth-order valence-corrected chi connectivity index (χ4v) is 4.23. The van der Waals surface area contributed by atoms with Gasteiger partial charge in [-0.25, -0.2) is 14.8 Å². The van der Waals surface area contributed by atoms with Crippen molar-refractivity contribution in [2.24, 2.45) is 16.6 Å². The number of aryl methyl sites for hydroxylation is 2. The Balaban J connectivity index is 1.45. The average molecular weight is 451 g/mol. The standard InChI is InChI=1S/C24H30N6OS/c1-16(8-6-11-18-9-4-3-5-10-18)15-27-24(31)30-22(25)29-20-13-7-12-19(14-20)21-17(2)28-23(26)32-21/h3-5,7,9-10,12-14,16H,6,8,11,15H2,1-2H3,(H2,26,28)(H4,25,27,29,30,31). The van der Waals surface area contributed by atoms with Crippen molar-refractivity contribution in [3.63, 3.8) is 0 Å². The van der Waals surface area contributed by atoms with Crippen LogP contribution in [0.15, 0.2) is 59.6 Å². The topological polar surface area (TPSA) is 118 Å². The van der Waals surface area contributed by atoms with E-state index in [1.807, 2.05) is 37.3 Å². The second-order valence-corrected chi connectivity index (χ2v) is 8.86. The molecule has 0 aliphatic carbocycles. The summed E-state index contributed by atoms with van der Waals surface area (Å²) >= 11 is 1.43. The number of rotatable bonds is 8. The number of nitrogens with two attached hydrogens (primary N) is 2. The third-order valence-electron chi connectivity index (χ3n) is 5.03. The second-order valence-electron chi connectivity index (χ2n) is 7.83. The fourth-order valence-electron chi connectivity index (χ4n) is 3.40. The Morgan fingerprint density at radius 2 is 1.97 bits per heavy atom. The number of anilines is 1. The van der Waals surface area contributed by atoms with Gasteiger partial charge in [-0.15, -0.1) is 0 Å². The van der Waals surface area contributed by atoms with Crippen molar-refractivity contribution in [3.05, 3.63) is 65.9 Å². The van der Waals surface area contributed by atoms with Crippen molar-refractivity contribution in [2.45, 2.75) is 33.1 Å². The van der Waals surface area contributed by atoms with E-state index in [9.17, 15) is 4.79 Å². The van der Waals surface area contributed by atoms with E-state index in [2.05, 4.69) is 51.8 Å². The summed E-state index contributed by atoms with van der Waals surface area (Å²) in [5.74, 6) is 0.409. The first-order valence-electron chi connectivity index (χ1n) is 10.7. The number of nitrogens with one attached hydrogen (secondary N) is 2. The highest BCUT2D eigenvalue weighted by Crippen LogP contribution is 2.33. The van der Waals surface area contributed by atoms with Crippen LogP contribution in [0.5, 0.6) is 0 Å². The zero-order valence-electron chi connectivity index (χ0n) is 18.5. The number of guanidine groups is 1. The van der Waals surface area contributed by atoms with Crippen LogP contribution in [0.25, 0.3) is 10.4 Å². The lowest BCUT2D eigenvalue weighted by Crippen LogP contribution is -2.44. The van der Waals surface area contributed by atoms with Gasteiger partial charge in [0.1, 0.15) is 0 Å². The zero-order valence-corrected chi connectivity index (χ0v) is 19.3. The van der Waals surface area contributed by atoms with Crippen molar-refractivity contribution in [2.75, 3.05) is 12.3 Å². The van der Waals surface area contributed by atoms with E-state index < -0.39 is 0 Å². The number of hydrogen-bond acceptors (Lipinski definition) is 5. The van der Waals surface area contributed by atoms with Crippen LogP contribution in [0.2, 0.25) is 0 Å². The summed E-state index contributed by atoms with van der Waals surface area (Å²) in [6.45, 7) is 4.62. The van der Waals surface area contributed by atoms with E-state index in [4.69, 9.17) is 11.5 Å². The Morgan fingerprint density at radius 3 is 2.69 bits per heavy atom. The number of carbonyl (C=O) groups is 1. The van der Waals surface area contributed by atoms with Gasteiger partial charge in [-0.3, -0.25) is 5.32 Å². The maximum absolute atomic E-state index is 12.2. The number of nitrogen functional groups attached to an aromatic ring is 1. The van der Waals surface area contributed by atoms with Gasteiger partial charge in [0.25, 0.3) is 0 Å². The van der Waals surface area contributed by atoms with Gasteiger partial charge >= 0.3 is 6.03 Å². The molecule has 0 saturated carbocycles. The molecule has 1 heterocycles. The van der Waals surface area contributed by atoms with Crippen molar-refractivity contribution in [3.8, 4) is 10.4 Å². The average Bonchev–Trinajstić information content (AvgIpc) is 3.11. The number of thiazole rings is 1. The van der Waals surface area contributed by atoms with Crippen LogP contribution >= 0.6 is 11.3 Å². The van der Waals surface area contributed by atoms with Gasteiger partial charge in [0.05, 0.1) is 16.3 Å². The zero-order chi connectivity index (χ0) is 22.9. The SMILES string of the molecule is Cc1nc(N)sc1-c1cccc(N=C(N)NC(=O)NCC(C)CCCc2ccccc2)c1. The summed E-state index contributed by atoms with van der Waals surface area (Å²) in [5.41, 5.74) is 15.5. The maximum Gasteiger partial charge on any atom is 0.321 e. The van der Waals surface area contributed by atoms with E-state index in [0.29, 0.717) is 23.3 Å². The van der Waals surface area contributed by atoms with Crippen molar-refractivity contribution in [1.29, 1.82) is 0 Å². The van der Waals surface area contributed by atoms with E-state index in [0.717, 1.165) is 35.4 Å². The molecule has 0 spiro atoms. The van der Waals surface area contributed by atoms with Gasteiger partial charge in [0, 0.05) is 6.54 Å². The molecular formula is C24H30N6OS. The van der Waals surface area contributed by atoms with Crippen LogP contribution in [-0.4, -0.2) is 23.5 Å². The smallest absolute Gasteiger partial charge is 0.321 e. The summed E-state index contributed by atoms with van der Waals surface area (Å²) in [6.07, 6.45) is 3.16. The number of urea groups is 1. The van der Waals surface area contributed by atoms with Gasteiger partial charge in [-0.2, -0.15) is 0 Å². The molecule has 0 aliphatic rings. The first kappa shape index (κ1) is 23.3. The quantitative estimate of drug-likeness (QED) is 0.296. The lowest BCUT2D eigenvalue weighted by Gasteiger charge is -2.13. The summed E-state index contributed by atoms with van der Waals surface area (Å²) in [6, 6.07) is 17.6. The molecule has 6 N–H and O–H groups in total. The second kappa shape index (κ2) is 11.3. The summed E-state index contributed by atoms with van der Waals surface area (Å²) in [4.78, 5) is 21.7. The fraction of sp³-hybridized carbons (Fsp3) is 0.292. The number of benzene rings is 2. The van der Waals surface area contributed by atoms with Crippen molar-refractivity contribution < 1.29 is 4.79 Å². The van der Waals surface area contributed by atoms with E-state index in [-0.39, 0.29) is 12.0 Å². The third-order valence-corrected chi connectivity index (χ3v) is 6.06. The van der Waals surface area contributed by atoms with E-state index in [1.54, 1.807) is 0 Å². The number of aliphatic imine (C=N–C) groups is 1. The largest absolute Gasteiger partial charge is 0.375 e. The number of nitrogens with zero attached hydrogens (tertiary/aromatic N) is 2. The van der Waals surface area contributed by atoms with Gasteiger partial charge in [-0.05, 0) is 55.4 Å². The maximum atomic E-state index is 12.2. The normalized spacial score (nSPS) is 12.4. The number of carbonyl (C=O) groups excluding carboxylic acids is 1.